The van der Waals surface area contributed by atoms with Gasteiger partial charge in [-0.15, -0.1) is 0 Å². The highest BCUT2D eigenvalue weighted by atomic mass is 33.1. The predicted octanol–water partition coefficient (Wildman–Crippen LogP) is -0.598. The normalized spacial score (nSPS) is 13.9. The molecule has 0 aliphatic rings. The molecule has 0 saturated carbocycles. The number of carbonyl (C=O) groups excluding carboxylic acids is 5. The minimum atomic E-state index is -2.02. The van der Waals surface area contributed by atoms with Crippen molar-refractivity contribution >= 4 is 81.0 Å². The highest BCUT2D eigenvalue weighted by molar-refractivity contribution is 8.77. The number of hydrogen-bond acceptors (Lipinski definition) is 12. The van der Waals surface area contributed by atoms with Crippen molar-refractivity contribution in [3.63, 3.8) is 0 Å². The lowest BCUT2D eigenvalue weighted by molar-refractivity contribution is -0.148. The molecule has 10 N–H and O–H groups in total. The van der Waals surface area contributed by atoms with Crippen molar-refractivity contribution < 1.29 is 73.5 Å². The molecule has 0 aromatic carbocycles. The number of rotatable bonds is 26. The molecule has 0 radical (unpaired) electrons. The number of carboxylic acid groups (broad SMARTS) is 5. The summed E-state index contributed by atoms with van der Waals surface area (Å²) in [5, 5.41) is 56.6. The minimum absolute atomic E-state index is 0.0729. The SMILES string of the molecule is CC(CSSC(C)(C)C)C(=O)NCCCCCC(=O)NC(CC(=O)NC(CC(=O)NC(CC(=O)NC(CC(=O)O)C(=O)O)C(=O)O)C(=O)O)C(=O)O. The van der Waals surface area contributed by atoms with E-state index in [0.717, 1.165) is 0 Å². The molecular formula is C30H47N5O15S2. The Morgan fingerprint density at radius 2 is 0.942 bits per heavy atom. The van der Waals surface area contributed by atoms with Gasteiger partial charge < -0.3 is 52.1 Å². The van der Waals surface area contributed by atoms with Crippen molar-refractivity contribution in [1.82, 2.24) is 26.6 Å². The molecule has 5 amide bonds. The third-order valence-electron chi connectivity index (χ3n) is 6.53. The number of hydrogen-bond donors (Lipinski definition) is 10. The Morgan fingerprint density at radius 1 is 0.558 bits per heavy atom. The number of unbranched alkanes of at least 4 members (excludes halogenated alkanes) is 2. The summed E-state index contributed by atoms with van der Waals surface area (Å²) in [7, 11) is 3.31. The van der Waals surface area contributed by atoms with Crippen LogP contribution in [0.15, 0.2) is 0 Å². The Morgan fingerprint density at radius 3 is 1.31 bits per heavy atom. The minimum Gasteiger partial charge on any atom is -0.481 e. The average Bonchev–Trinajstić information content (AvgIpc) is 3.00. The van der Waals surface area contributed by atoms with Crippen molar-refractivity contribution in [2.75, 3.05) is 12.3 Å². The Kier molecular flexibility index (Phi) is 21.7. The van der Waals surface area contributed by atoms with Gasteiger partial charge in [-0.05, 0) is 12.8 Å². The predicted molar refractivity (Wildman–Crippen MR) is 185 cm³/mol. The quantitative estimate of drug-likeness (QED) is 0.0387. The van der Waals surface area contributed by atoms with Crippen LogP contribution < -0.4 is 26.6 Å². The largest absolute Gasteiger partial charge is 0.481 e. The lowest BCUT2D eigenvalue weighted by Gasteiger charge is -2.19. The zero-order valence-corrected chi connectivity index (χ0v) is 30.7. The standard InChI is InChI=1S/C30H47N5O15S2/c1-15(14-51-52-30(2,3)4)25(42)31-9-7-5-6-8-20(36)32-16(26(43)44)10-21(37)33-17(27(45)46)11-22(38)34-18(28(47)48)12-23(39)35-19(29(49)50)13-24(40)41/h15-19H,5-14H2,1-4H3,(H,31,42)(H,32,36)(H,33,37)(H,34,38)(H,35,39)(H,40,41)(H,43,44)(H,45,46)(H,47,48)(H,49,50). The molecule has 0 aliphatic heterocycles. The molecule has 0 saturated heterocycles. The molecule has 0 fully saturated rings. The number of aliphatic carboxylic acids is 5. The molecule has 0 bridgehead atoms. The van der Waals surface area contributed by atoms with Crippen molar-refractivity contribution in [2.24, 2.45) is 5.92 Å². The molecule has 294 valence electrons. The summed E-state index contributed by atoms with van der Waals surface area (Å²) in [4.78, 5) is 118. The summed E-state index contributed by atoms with van der Waals surface area (Å²) in [6, 6.07) is -7.69. The number of carbonyl (C=O) groups is 10. The highest BCUT2D eigenvalue weighted by Crippen LogP contribution is 2.36. The first-order valence-electron chi connectivity index (χ1n) is 15.9. The molecule has 0 aromatic heterocycles. The third kappa shape index (κ3) is 22.3. The molecule has 5 unspecified atom stereocenters. The first-order chi connectivity index (χ1) is 24.0. The van der Waals surface area contributed by atoms with Crippen molar-refractivity contribution in [2.45, 2.75) is 108 Å². The van der Waals surface area contributed by atoms with E-state index in [-0.39, 0.29) is 23.0 Å². The second-order valence-electron chi connectivity index (χ2n) is 12.5. The van der Waals surface area contributed by atoms with E-state index >= 15 is 0 Å². The molecule has 52 heavy (non-hydrogen) atoms. The Balaban J connectivity index is 4.88. The zero-order chi connectivity index (χ0) is 40.2. The number of carboxylic acids is 5. The van der Waals surface area contributed by atoms with Gasteiger partial charge in [0.2, 0.25) is 29.5 Å². The van der Waals surface area contributed by atoms with Crippen LogP contribution in [-0.2, 0) is 47.9 Å². The second kappa shape index (κ2) is 23.8. The maximum atomic E-state index is 12.5. The molecule has 5 atom stereocenters. The van der Waals surface area contributed by atoms with Crippen LogP contribution in [0, 0.1) is 5.92 Å². The topological polar surface area (TPSA) is 332 Å². The van der Waals surface area contributed by atoms with Gasteiger partial charge in [0.1, 0.15) is 24.2 Å². The van der Waals surface area contributed by atoms with E-state index in [1.54, 1.807) is 26.9 Å². The van der Waals surface area contributed by atoms with Crippen molar-refractivity contribution in [1.29, 1.82) is 0 Å². The van der Waals surface area contributed by atoms with Gasteiger partial charge in [0, 0.05) is 29.4 Å². The van der Waals surface area contributed by atoms with E-state index in [4.69, 9.17) is 10.2 Å². The summed E-state index contributed by atoms with van der Waals surface area (Å²) in [6.45, 7) is 8.45. The Hall–Kier alpha value is -4.60. The zero-order valence-electron chi connectivity index (χ0n) is 29.1. The van der Waals surface area contributed by atoms with Gasteiger partial charge >= 0.3 is 29.8 Å². The Labute approximate surface area is 306 Å². The van der Waals surface area contributed by atoms with Gasteiger partial charge in [0.15, 0.2) is 0 Å². The Bertz CT molecular complexity index is 1320. The smallest absolute Gasteiger partial charge is 0.326 e. The maximum absolute atomic E-state index is 12.5. The van der Waals surface area contributed by atoms with E-state index < -0.39 is 103 Å². The van der Waals surface area contributed by atoms with Crippen LogP contribution in [0.25, 0.3) is 0 Å². The summed E-state index contributed by atoms with van der Waals surface area (Å²) in [6.07, 6.45) is -2.79. The fraction of sp³-hybridized carbons (Fsp3) is 0.667. The van der Waals surface area contributed by atoms with Crippen LogP contribution in [-0.4, -0.2) is 126 Å². The van der Waals surface area contributed by atoms with E-state index in [1.165, 1.54) is 0 Å². The lowest BCUT2D eigenvalue weighted by atomic mass is 10.1. The van der Waals surface area contributed by atoms with Crippen molar-refractivity contribution in [3.05, 3.63) is 0 Å². The van der Waals surface area contributed by atoms with Crippen molar-refractivity contribution in [3.8, 4) is 0 Å². The van der Waals surface area contributed by atoms with Crippen LogP contribution in [0.5, 0.6) is 0 Å². The molecule has 0 aliphatic carbocycles. The summed E-state index contributed by atoms with van der Waals surface area (Å²) in [5.74, 6) is -12.6. The summed E-state index contributed by atoms with van der Waals surface area (Å²) < 4.78 is 0.0729. The van der Waals surface area contributed by atoms with Crippen LogP contribution in [0.2, 0.25) is 0 Å². The molecule has 20 nitrogen and oxygen atoms in total. The fourth-order valence-corrected chi connectivity index (χ4v) is 6.57. The van der Waals surface area contributed by atoms with Gasteiger partial charge in [-0.25, -0.2) is 19.2 Å². The van der Waals surface area contributed by atoms with Gasteiger partial charge in [-0.2, -0.15) is 0 Å². The fourth-order valence-electron chi connectivity index (χ4n) is 3.92. The van der Waals surface area contributed by atoms with E-state index in [9.17, 15) is 63.3 Å². The molecule has 0 heterocycles. The third-order valence-corrected chi connectivity index (χ3v) is 10.1. The van der Waals surface area contributed by atoms with Gasteiger partial charge in [0.25, 0.3) is 0 Å². The summed E-state index contributed by atoms with van der Waals surface area (Å²) in [5.41, 5.74) is 0. The first kappa shape index (κ1) is 47.4. The highest BCUT2D eigenvalue weighted by Gasteiger charge is 2.31. The monoisotopic (exact) mass is 781 g/mol. The number of nitrogens with one attached hydrogen (secondary N) is 5. The van der Waals surface area contributed by atoms with Crippen LogP contribution in [0.4, 0.5) is 0 Å². The van der Waals surface area contributed by atoms with Gasteiger partial charge in [-0.1, -0.05) is 55.7 Å². The van der Waals surface area contributed by atoms with Gasteiger partial charge in [0.05, 0.1) is 25.7 Å². The van der Waals surface area contributed by atoms with Crippen LogP contribution in [0.3, 0.4) is 0 Å². The van der Waals surface area contributed by atoms with E-state index in [1.807, 2.05) is 17.6 Å². The van der Waals surface area contributed by atoms with E-state index in [0.29, 0.717) is 31.6 Å². The molecule has 0 rings (SSSR count). The second-order valence-corrected chi connectivity index (χ2v) is 15.7. The molecule has 0 aromatic rings. The first-order valence-corrected chi connectivity index (χ1v) is 18.2. The maximum Gasteiger partial charge on any atom is 0.326 e. The van der Waals surface area contributed by atoms with Crippen LogP contribution in [0.1, 0.15) is 79.1 Å². The van der Waals surface area contributed by atoms with Gasteiger partial charge in [-0.3, -0.25) is 28.8 Å². The molecular weight excluding hydrogens is 734 g/mol. The number of amides is 5. The average molecular weight is 782 g/mol. The molecule has 22 heteroatoms. The molecule has 0 spiro atoms. The van der Waals surface area contributed by atoms with Crippen LogP contribution >= 0.6 is 21.6 Å². The summed E-state index contributed by atoms with van der Waals surface area (Å²) >= 11 is 0. The van der Waals surface area contributed by atoms with E-state index in [2.05, 4.69) is 31.4 Å². The lowest BCUT2D eigenvalue weighted by Crippen LogP contribution is -2.51.